The van der Waals surface area contributed by atoms with E-state index >= 15 is 0 Å². The third-order valence-corrected chi connectivity index (χ3v) is 0. The lowest BCUT2D eigenvalue weighted by atomic mass is 30.0. The minimum Gasteiger partial charge on any atom is -0.0884 e. The second-order valence-electron chi connectivity index (χ2n) is 0.233. The molecule has 0 saturated heterocycles. The lowest BCUT2D eigenvalue weighted by Gasteiger charge is -1.73. The van der Waals surface area contributed by atoms with E-state index in [1.165, 1.54) is 0 Å². The molecular formula is H2Br2P2. The Labute approximate surface area is 46.3 Å². The van der Waals surface area contributed by atoms with Crippen LogP contribution in [-0.4, -0.2) is 1.28 Å². The number of rotatable bonds is 1. The van der Waals surface area contributed by atoms with Gasteiger partial charge in [0.25, 0.3) is 0 Å². The predicted octanol–water partition coefficient (Wildman–Crippen LogP) is 2.88. The molecule has 0 aromatic carbocycles. The van der Waals surface area contributed by atoms with Crippen LogP contribution in [0.25, 0.3) is 0 Å². The zero-order chi connectivity index (χ0) is 4.28. The molecule has 0 aliphatic rings. The molecule has 1 unspecified atom stereocenters. The Morgan fingerprint density at radius 1 is 2.00 bits per heavy atom. The number of halogens is 2. The van der Waals surface area contributed by atoms with E-state index in [0.29, 0.717) is 0 Å². The zero-order valence-electron chi connectivity index (χ0n) is 2.70. The molecule has 0 amide bonds. The smallest absolute Gasteiger partial charge is 0.0610 e. The second kappa shape index (κ2) is 3.03. The monoisotopic (exact) mass is 223 g/mol. The van der Waals surface area contributed by atoms with Crippen LogP contribution in [0.4, 0.5) is 0 Å². The van der Waals surface area contributed by atoms with Crippen LogP contribution in [0.5, 0.6) is 0 Å². The Morgan fingerprint density at radius 3 is 2.25 bits per heavy atom. The normalized spacial score (nSPS) is 15.2. The summed E-state index contributed by atoms with van der Waals surface area (Å²) in [5, 5.41) is -0.279. The van der Waals surface area contributed by atoms with Crippen LogP contribution in [-0.2, 0) is 0 Å². The SMILES string of the molecule is [2H]PP(Br)Br. The van der Waals surface area contributed by atoms with Gasteiger partial charge in [0.15, 0.2) is 0 Å². The van der Waals surface area contributed by atoms with Crippen molar-refractivity contribution < 1.29 is 0 Å². The van der Waals surface area contributed by atoms with Crippen molar-refractivity contribution >= 4 is 44.9 Å². The Kier molecular flexibility index (Phi) is 3.02. The molecule has 0 bridgehead atoms. The van der Waals surface area contributed by atoms with Crippen LogP contribution in [0.3, 0.4) is 0 Å². The standard InChI is InChI=1S/Br2H2P2/c1-4(2)3/h3H2/i3D. The highest BCUT2D eigenvalue weighted by molar-refractivity contribution is 9.74. The highest BCUT2D eigenvalue weighted by atomic mass is 79.9. The maximum Gasteiger partial charge on any atom is 0.0610 e. The number of hydrogen-bond acceptors (Lipinski definition) is 0. The van der Waals surface area contributed by atoms with Gasteiger partial charge in [-0.15, -0.1) is 0 Å². The fourth-order valence-corrected chi connectivity index (χ4v) is 0. The maximum atomic E-state index is 6.62. The van der Waals surface area contributed by atoms with Gasteiger partial charge in [-0.2, -0.15) is 0 Å². The third-order valence-electron chi connectivity index (χ3n) is 0. The van der Waals surface area contributed by atoms with Crippen molar-refractivity contribution in [3.63, 3.8) is 0 Å². The van der Waals surface area contributed by atoms with Gasteiger partial charge >= 0.3 is 0 Å². The van der Waals surface area contributed by atoms with E-state index in [1.54, 1.807) is 0 Å². The molecule has 4 heavy (non-hydrogen) atoms. The van der Waals surface area contributed by atoms with Crippen molar-refractivity contribution in [3.8, 4) is 0 Å². The van der Waals surface area contributed by atoms with Crippen molar-refractivity contribution in [2.75, 3.05) is 0 Å². The van der Waals surface area contributed by atoms with Crippen LogP contribution >= 0.6 is 44.9 Å². The Hall–Kier alpha value is 1.82. The van der Waals surface area contributed by atoms with E-state index in [1.807, 2.05) is 0 Å². The maximum absolute atomic E-state index is 6.62. The lowest BCUT2D eigenvalue weighted by Crippen LogP contribution is -0.875. The highest BCUT2D eigenvalue weighted by Crippen LogP contribution is 2.59. The van der Waals surface area contributed by atoms with E-state index in [0.717, 1.165) is 0 Å². The molecule has 0 aromatic heterocycles. The molecule has 0 heterocycles. The molecule has 0 radical (unpaired) electrons. The summed E-state index contributed by atoms with van der Waals surface area (Å²) in [4.78, 5) is 0. The van der Waals surface area contributed by atoms with Gasteiger partial charge in [0.2, 0.25) is 0 Å². The third kappa shape index (κ3) is 9.17. The fourth-order valence-electron chi connectivity index (χ4n) is 0. The van der Waals surface area contributed by atoms with E-state index < -0.39 is 0 Å². The molecular weight excluding hydrogens is 222 g/mol. The van der Waals surface area contributed by atoms with Crippen molar-refractivity contribution in [2.24, 2.45) is 0 Å². The first-order chi connectivity index (χ1) is 2.27. The van der Waals surface area contributed by atoms with E-state index in [9.17, 15) is 0 Å². The summed E-state index contributed by atoms with van der Waals surface area (Å²) in [7, 11) is 0.262. The molecule has 4 heteroatoms. The number of hydrogen-bond donors (Lipinski definition) is 0. The Morgan fingerprint density at radius 2 is 2.25 bits per heavy atom. The van der Waals surface area contributed by atoms with Gasteiger partial charge in [-0.3, -0.25) is 0 Å². The molecule has 0 aliphatic carbocycles. The van der Waals surface area contributed by atoms with Gasteiger partial charge in [-0.25, -0.2) is 0 Å². The van der Waals surface area contributed by atoms with Crippen LogP contribution < -0.4 is 0 Å². The van der Waals surface area contributed by atoms with Crippen molar-refractivity contribution in [3.05, 3.63) is 0 Å². The molecule has 1 atom stereocenters. The average Bonchev–Trinajstić information content (AvgIpc) is 1.38. The quantitative estimate of drug-likeness (QED) is 0.601. The van der Waals surface area contributed by atoms with Crippen LogP contribution in [0.1, 0.15) is 0 Å². The van der Waals surface area contributed by atoms with E-state index in [-0.39, 0.29) is 13.9 Å². The van der Waals surface area contributed by atoms with E-state index in [2.05, 4.69) is 31.0 Å². The largest absolute Gasteiger partial charge is 0.0884 e. The van der Waals surface area contributed by atoms with Gasteiger partial charge in [-0.1, -0.05) is 8.87 Å². The van der Waals surface area contributed by atoms with Gasteiger partial charge in [0.1, 0.15) is 0 Å². The van der Waals surface area contributed by atoms with Gasteiger partial charge in [0.05, 0.1) is 6.29 Å². The van der Waals surface area contributed by atoms with Gasteiger partial charge in [0, 0.05) is 0 Å². The average molecular weight is 225 g/mol. The molecule has 0 aromatic rings. The van der Waals surface area contributed by atoms with Crippen molar-refractivity contribution in [2.45, 2.75) is 0 Å². The van der Waals surface area contributed by atoms with Crippen LogP contribution in [0, 0.1) is 0 Å². The van der Waals surface area contributed by atoms with Gasteiger partial charge < -0.3 is 0 Å². The summed E-state index contributed by atoms with van der Waals surface area (Å²) in [5.74, 6) is 0. The minimum atomic E-state index is -0.279. The summed E-state index contributed by atoms with van der Waals surface area (Å²) >= 11 is 6.36. The summed E-state index contributed by atoms with van der Waals surface area (Å²) in [6.07, 6.45) is 0. The lowest BCUT2D eigenvalue weighted by molar-refractivity contribution is 5.58. The first kappa shape index (κ1) is 3.99. The molecule has 0 saturated carbocycles. The first-order valence-electron chi connectivity index (χ1n) is 1.06. The van der Waals surface area contributed by atoms with E-state index in [4.69, 9.17) is 1.28 Å². The summed E-state index contributed by atoms with van der Waals surface area (Å²) < 4.78 is 6.62. The molecule has 0 spiro atoms. The van der Waals surface area contributed by atoms with Gasteiger partial charge in [-0.05, 0) is 31.0 Å². The predicted molar refractivity (Wildman–Crippen MR) is 34.5 cm³/mol. The molecule has 0 N–H and O–H groups in total. The minimum absolute atomic E-state index is 0.262. The zero-order valence-corrected chi connectivity index (χ0v) is 6.77. The topological polar surface area (TPSA) is 0 Å². The molecule has 0 aliphatic heterocycles. The molecule has 0 rings (SSSR count). The molecule has 26 valence electrons. The molecule has 0 fully saturated rings. The summed E-state index contributed by atoms with van der Waals surface area (Å²) in [6, 6.07) is 0. The summed E-state index contributed by atoms with van der Waals surface area (Å²) in [5.41, 5.74) is 0. The Balaban J connectivity index is 2.54. The van der Waals surface area contributed by atoms with Crippen LogP contribution in [0.2, 0.25) is 0 Å². The van der Waals surface area contributed by atoms with Crippen molar-refractivity contribution in [1.82, 2.24) is 0 Å². The highest BCUT2D eigenvalue weighted by Gasteiger charge is 1.73. The summed E-state index contributed by atoms with van der Waals surface area (Å²) in [6.45, 7) is 0. The molecule has 0 nitrogen and oxygen atoms in total. The first-order valence-corrected chi connectivity index (χ1v) is 7.28. The Bertz CT molecular complexity index is 21.6. The van der Waals surface area contributed by atoms with Crippen molar-refractivity contribution in [1.29, 1.82) is 1.28 Å². The second-order valence-corrected chi connectivity index (χ2v) is 13.1. The van der Waals surface area contributed by atoms with Crippen LogP contribution in [0.15, 0.2) is 0 Å². The fraction of sp³-hybridized carbons (Fsp3) is 0.